The molecule has 0 bridgehead atoms. The highest BCUT2D eigenvalue weighted by Crippen LogP contribution is 2.39. The van der Waals surface area contributed by atoms with Crippen LogP contribution in [0, 0.1) is 5.82 Å². The lowest BCUT2D eigenvalue weighted by molar-refractivity contribution is -0.138. The van der Waals surface area contributed by atoms with E-state index in [1.165, 1.54) is 17.2 Å². The maximum Gasteiger partial charge on any atom is 0.416 e. The molecular weight excluding hydrogens is 514 g/mol. The molecule has 0 amide bonds. The van der Waals surface area contributed by atoms with Crippen molar-refractivity contribution in [3.05, 3.63) is 80.0 Å². The monoisotopic (exact) mass is 537 g/mol. The van der Waals surface area contributed by atoms with E-state index in [1.54, 1.807) is 6.92 Å². The van der Waals surface area contributed by atoms with Crippen LogP contribution in [-0.2, 0) is 23.9 Å². The highest BCUT2D eigenvalue weighted by molar-refractivity contribution is 6.33. The number of rotatable bonds is 4. The van der Waals surface area contributed by atoms with Gasteiger partial charge in [0.15, 0.2) is 6.23 Å². The van der Waals surface area contributed by atoms with E-state index in [-0.39, 0.29) is 17.1 Å². The summed E-state index contributed by atoms with van der Waals surface area (Å²) in [5.41, 5.74) is 0.741. The third kappa shape index (κ3) is 4.94. The lowest BCUT2D eigenvalue weighted by atomic mass is 9.88. The van der Waals surface area contributed by atoms with Crippen molar-refractivity contribution in [2.75, 3.05) is 18.1 Å². The normalized spacial score (nSPS) is 19.0. The predicted octanol–water partition coefficient (Wildman–Crippen LogP) is 5.26. The number of ether oxygens (including phenoxy) is 1. The number of fused-ring (bicyclic) bond motifs is 1. The molecule has 12 heteroatoms. The second-order valence-electron chi connectivity index (χ2n) is 9.22. The molecule has 2 unspecified atom stereocenters. The van der Waals surface area contributed by atoms with Gasteiger partial charge >= 0.3 is 6.18 Å². The largest absolute Gasteiger partial charge is 0.416 e. The van der Waals surface area contributed by atoms with E-state index >= 15 is 0 Å². The quantitative estimate of drug-likeness (QED) is 0.423. The fourth-order valence-corrected chi connectivity index (χ4v) is 5.29. The van der Waals surface area contributed by atoms with Crippen LogP contribution in [0.15, 0.2) is 35.5 Å². The van der Waals surface area contributed by atoms with Crippen molar-refractivity contribution in [1.82, 2.24) is 19.7 Å². The summed E-state index contributed by atoms with van der Waals surface area (Å²) in [5, 5.41) is 4.33. The molecule has 1 fully saturated rings. The Morgan fingerprint density at radius 1 is 1.22 bits per heavy atom. The molecule has 7 nitrogen and oxygen atoms in total. The van der Waals surface area contributed by atoms with Crippen molar-refractivity contribution in [3.63, 3.8) is 0 Å². The Bertz CT molecular complexity index is 1370. The second-order valence-corrected chi connectivity index (χ2v) is 9.60. The third-order valence-corrected chi connectivity index (χ3v) is 7.29. The zero-order valence-electron chi connectivity index (χ0n) is 19.9. The molecule has 196 valence electrons. The molecule has 0 N–H and O–H groups in total. The molecular formula is C25H24ClF4N5O2. The summed E-state index contributed by atoms with van der Waals surface area (Å²) in [4.78, 5) is 23.5. The molecule has 2 aromatic heterocycles. The molecule has 2 aliphatic rings. The van der Waals surface area contributed by atoms with E-state index in [0.717, 1.165) is 30.5 Å². The molecule has 0 aliphatic carbocycles. The van der Waals surface area contributed by atoms with Crippen LogP contribution in [-0.4, -0.2) is 32.9 Å². The Morgan fingerprint density at radius 3 is 2.76 bits per heavy atom. The van der Waals surface area contributed by atoms with E-state index in [2.05, 4.69) is 15.1 Å². The number of hydrogen-bond acceptors (Lipinski definition) is 6. The first-order valence-electron chi connectivity index (χ1n) is 12.0. The number of benzene rings is 1. The van der Waals surface area contributed by atoms with Crippen molar-refractivity contribution < 1.29 is 22.3 Å². The van der Waals surface area contributed by atoms with Crippen LogP contribution in [0.3, 0.4) is 0 Å². The van der Waals surface area contributed by atoms with Crippen molar-refractivity contribution in [3.8, 4) is 0 Å². The van der Waals surface area contributed by atoms with Gasteiger partial charge in [0.05, 0.1) is 35.4 Å². The van der Waals surface area contributed by atoms with Gasteiger partial charge in [0, 0.05) is 19.1 Å². The minimum Gasteiger partial charge on any atom is -0.363 e. The molecule has 0 spiro atoms. The minimum atomic E-state index is -4.71. The molecule has 5 rings (SSSR count). The van der Waals surface area contributed by atoms with Gasteiger partial charge < -0.3 is 9.64 Å². The standard InChI is InChI=1S/C25H24ClF4N5O2/c1-14(16-6-5-15(27)10-18(16)25(28,29)30)23-17-7-8-34(12-19(17)31-13-32-23)20-11-33-35(24(36)22(20)26)21-4-2-3-9-37-21/h5-6,10-11,13-14,21H,2-4,7-9,12H2,1H3. The van der Waals surface area contributed by atoms with Crippen LogP contribution in [0.1, 0.15) is 66.4 Å². The second kappa shape index (κ2) is 10.0. The average Bonchev–Trinajstić information content (AvgIpc) is 2.89. The molecule has 1 aromatic carbocycles. The number of alkyl halides is 3. The highest BCUT2D eigenvalue weighted by atomic mass is 35.5. The van der Waals surface area contributed by atoms with E-state index < -0.39 is 35.3 Å². The Hall–Kier alpha value is -3.05. The van der Waals surface area contributed by atoms with Gasteiger partial charge in [-0.1, -0.05) is 24.6 Å². The van der Waals surface area contributed by atoms with Gasteiger partial charge in [-0.3, -0.25) is 4.79 Å². The molecule has 4 heterocycles. The first-order valence-corrected chi connectivity index (χ1v) is 12.4. The van der Waals surface area contributed by atoms with Gasteiger partial charge in [0.1, 0.15) is 17.2 Å². The molecule has 37 heavy (non-hydrogen) atoms. The fraction of sp³-hybridized carbons (Fsp3) is 0.440. The van der Waals surface area contributed by atoms with Gasteiger partial charge in [0.25, 0.3) is 5.56 Å². The smallest absolute Gasteiger partial charge is 0.363 e. The summed E-state index contributed by atoms with van der Waals surface area (Å²) < 4.78 is 61.5. The van der Waals surface area contributed by atoms with Crippen LogP contribution in [0.5, 0.6) is 0 Å². The third-order valence-electron chi connectivity index (χ3n) is 6.93. The summed E-state index contributed by atoms with van der Waals surface area (Å²) in [6.45, 7) is 2.88. The van der Waals surface area contributed by atoms with Gasteiger partial charge in [0.2, 0.25) is 0 Å². The molecule has 2 aliphatic heterocycles. The van der Waals surface area contributed by atoms with E-state index in [0.29, 0.717) is 49.1 Å². The fourth-order valence-electron chi connectivity index (χ4n) is 5.04. The maximum absolute atomic E-state index is 13.6. The Balaban J connectivity index is 1.44. The molecule has 3 aromatic rings. The van der Waals surface area contributed by atoms with Crippen molar-refractivity contribution in [2.45, 2.75) is 57.5 Å². The van der Waals surface area contributed by atoms with Gasteiger partial charge in [-0.25, -0.2) is 14.4 Å². The van der Waals surface area contributed by atoms with Crippen molar-refractivity contribution in [1.29, 1.82) is 0 Å². The number of hydrogen-bond donors (Lipinski definition) is 0. The van der Waals surface area contributed by atoms with Crippen LogP contribution in [0.25, 0.3) is 0 Å². The lowest BCUT2D eigenvalue weighted by Crippen LogP contribution is -2.36. The average molecular weight is 538 g/mol. The summed E-state index contributed by atoms with van der Waals surface area (Å²) in [6, 6.07) is 2.69. The number of halogens is 5. The van der Waals surface area contributed by atoms with E-state index in [4.69, 9.17) is 16.3 Å². The zero-order valence-corrected chi connectivity index (χ0v) is 20.7. The minimum absolute atomic E-state index is 0.0244. The summed E-state index contributed by atoms with van der Waals surface area (Å²) >= 11 is 6.47. The van der Waals surface area contributed by atoms with Gasteiger partial charge in [-0.2, -0.15) is 23.0 Å². The van der Waals surface area contributed by atoms with E-state index in [9.17, 15) is 22.4 Å². The van der Waals surface area contributed by atoms with Crippen LogP contribution in [0.4, 0.5) is 23.2 Å². The van der Waals surface area contributed by atoms with E-state index in [1.807, 2.05) is 4.90 Å². The molecule has 1 saturated heterocycles. The molecule has 2 atom stereocenters. The van der Waals surface area contributed by atoms with Crippen molar-refractivity contribution in [2.24, 2.45) is 0 Å². The molecule has 0 saturated carbocycles. The predicted molar refractivity (Wildman–Crippen MR) is 128 cm³/mol. The van der Waals surface area contributed by atoms with Crippen molar-refractivity contribution >= 4 is 17.3 Å². The number of anilines is 1. The van der Waals surface area contributed by atoms with Gasteiger partial charge in [-0.05, 0) is 48.9 Å². The first kappa shape index (κ1) is 25.6. The summed E-state index contributed by atoms with van der Waals surface area (Å²) in [7, 11) is 0. The maximum atomic E-state index is 13.6. The van der Waals surface area contributed by atoms with Gasteiger partial charge in [-0.15, -0.1) is 0 Å². The summed E-state index contributed by atoms with van der Waals surface area (Å²) in [6.07, 6.45) is 0.664. The molecule has 0 radical (unpaired) electrons. The SMILES string of the molecule is CC(c1ccc(F)cc1C(F)(F)F)c1ncnc2c1CCN(c1cnn(C3CCCCO3)c(=O)c1Cl)C2. The Labute approximate surface area is 215 Å². The first-order chi connectivity index (χ1) is 17.6. The lowest BCUT2D eigenvalue weighted by Gasteiger charge is -2.32. The van der Waals surface area contributed by atoms with Crippen LogP contribution < -0.4 is 10.5 Å². The Kier molecular flexibility index (Phi) is 6.93. The Morgan fingerprint density at radius 2 is 2.03 bits per heavy atom. The summed E-state index contributed by atoms with van der Waals surface area (Å²) in [5.74, 6) is -1.70. The van der Waals surface area contributed by atoms with Crippen LogP contribution >= 0.6 is 11.6 Å². The number of nitrogens with zero attached hydrogens (tertiary/aromatic N) is 5. The van der Waals surface area contributed by atoms with Crippen LogP contribution in [0.2, 0.25) is 5.02 Å². The number of aromatic nitrogens is 4. The highest BCUT2D eigenvalue weighted by Gasteiger charge is 2.36. The topological polar surface area (TPSA) is 73.1 Å². The zero-order chi connectivity index (χ0) is 26.3.